The van der Waals surface area contributed by atoms with Gasteiger partial charge in [0.25, 0.3) is 0 Å². The summed E-state index contributed by atoms with van der Waals surface area (Å²) in [6, 6.07) is 4.55. The van der Waals surface area contributed by atoms with Crippen molar-refractivity contribution in [1.82, 2.24) is 0 Å². The van der Waals surface area contributed by atoms with Gasteiger partial charge < -0.3 is 20.5 Å². The summed E-state index contributed by atoms with van der Waals surface area (Å²) in [6.07, 6.45) is -0.529. The Labute approximate surface area is 114 Å². The van der Waals surface area contributed by atoms with E-state index in [-0.39, 0.29) is 18.7 Å². The highest BCUT2D eigenvalue weighted by atomic mass is 35.5. The van der Waals surface area contributed by atoms with E-state index in [1.165, 1.54) is 19.1 Å². The van der Waals surface area contributed by atoms with Crippen LogP contribution in [0.4, 0.5) is 11.4 Å². The van der Waals surface area contributed by atoms with Crippen LogP contribution in [0.25, 0.3) is 0 Å². The lowest BCUT2D eigenvalue weighted by Gasteiger charge is -2.09. The second kappa shape index (κ2) is 6.75. The quantitative estimate of drug-likeness (QED) is 0.834. The summed E-state index contributed by atoms with van der Waals surface area (Å²) in [6.45, 7) is 1.33. The highest BCUT2D eigenvalue weighted by Gasteiger charge is 2.06. The third-order valence-electron chi connectivity index (χ3n) is 2.12. The van der Waals surface area contributed by atoms with Crippen LogP contribution in [-0.2, 0) is 14.4 Å². The van der Waals surface area contributed by atoms with Crippen LogP contribution >= 0.6 is 11.6 Å². The topological polar surface area (TPSA) is 98.3 Å². The minimum atomic E-state index is -1.29. The number of halogens is 1. The first-order valence-corrected chi connectivity index (χ1v) is 5.83. The highest BCUT2D eigenvalue weighted by Crippen LogP contribution is 2.25. The predicted molar refractivity (Wildman–Crippen MR) is 68.6 cm³/mol. The summed E-state index contributed by atoms with van der Waals surface area (Å²) in [5.74, 6) is -2.03. The lowest BCUT2D eigenvalue weighted by molar-refractivity contribution is -0.305. The molecule has 1 rings (SSSR count). The Morgan fingerprint density at radius 3 is 2.47 bits per heavy atom. The fraction of sp³-hybridized carbons (Fsp3) is 0.250. The number of rotatable bonds is 5. The summed E-state index contributed by atoms with van der Waals surface area (Å²) in [7, 11) is 0. The first kappa shape index (κ1) is 15.0. The van der Waals surface area contributed by atoms with E-state index < -0.39 is 11.9 Å². The Balaban J connectivity index is 2.71. The average molecular weight is 284 g/mol. The van der Waals surface area contributed by atoms with Crippen LogP contribution in [0.15, 0.2) is 18.2 Å². The highest BCUT2D eigenvalue weighted by molar-refractivity contribution is 6.33. The molecule has 0 spiro atoms. The first-order valence-electron chi connectivity index (χ1n) is 5.45. The van der Waals surface area contributed by atoms with Crippen LogP contribution in [0.5, 0.6) is 0 Å². The number of carbonyl (C=O) groups is 3. The molecule has 1 aromatic rings. The Morgan fingerprint density at radius 2 is 1.89 bits per heavy atom. The van der Waals surface area contributed by atoms with E-state index in [0.29, 0.717) is 16.4 Å². The third-order valence-corrected chi connectivity index (χ3v) is 2.45. The van der Waals surface area contributed by atoms with Gasteiger partial charge in [-0.25, -0.2) is 0 Å². The molecule has 2 amide bonds. The van der Waals surface area contributed by atoms with E-state index in [1.54, 1.807) is 6.07 Å². The SMILES string of the molecule is CC(=O)Nc1cc(NC(=O)CCC(=O)[O-])ccc1Cl. The minimum absolute atomic E-state index is 0.180. The summed E-state index contributed by atoms with van der Waals surface area (Å²) in [4.78, 5) is 32.6. The Morgan fingerprint density at radius 1 is 1.21 bits per heavy atom. The molecule has 7 heteroatoms. The fourth-order valence-electron chi connectivity index (χ4n) is 1.33. The molecular weight excluding hydrogens is 272 g/mol. The summed E-state index contributed by atoms with van der Waals surface area (Å²) in [5.41, 5.74) is 0.781. The number of amides is 2. The van der Waals surface area contributed by atoms with Gasteiger partial charge in [0.1, 0.15) is 0 Å². The largest absolute Gasteiger partial charge is 0.550 e. The standard InChI is InChI=1S/C12H13ClN2O4/c1-7(16)14-10-6-8(2-3-9(10)13)15-11(17)4-5-12(18)19/h2-3,6H,4-5H2,1H3,(H,14,16)(H,15,17)(H,18,19)/p-1. The molecule has 0 aromatic heterocycles. The number of anilines is 2. The van der Waals surface area contributed by atoms with Gasteiger partial charge in [-0.05, 0) is 24.6 Å². The maximum absolute atomic E-state index is 11.4. The van der Waals surface area contributed by atoms with Gasteiger partial charge in [0.05, 0.1) is 10.7 Å². The molecule has 0 bridgehead atoms. The second-order valence-electron chi connectivity index (χ2n) is 3.80. The van der Waals surface area contributed by atoms with Crippen molar-refractivity contribution in [2.45, 2.75) is 19.8 Å². The smallest absolute Gasteiger partial charge is 0.224 e. The van der Waals surface area contributed by atoms with Crippen molar-refractivity contribution >= 4 is 40.8 Å². The number of carboxylic acid groups (broad SMARTS) is 1. The van der Waals surface area contributed by atoms with Gasteiger partial charge in [0, 0.05) is 25.0 Å². The molecule has 0 aliphatic carbocycles. The van der Waals surface area contributed by atoms with Crippen LogP contribution in [0, 0.1) is 0 Å². The van der Waals surface area contributed by atoms with Crippen LogP contribution in [0.2, 0.25) is 5.02 Å². The zero-order valence-corrected chi connectivity index (χ0v) is 10.9. The van der Waals surface area contributed by atoms with Crippen molar-refractivity contribution in [3.63, 3.8) is 0 Å². The van der Waals surface area contributed by atoms with Crippen molar-refractivity contribution in [3.8, 4) is 0 Å². The number of carbonyl (C=O) groups excluding carboxylic acids is 3. The molecule has 19 heavy (non-hydrogen) atoms. The molecule has 0 heterocycles. The van der Waals surface area contributed by atoms with Gasteiger partial charge in [-0.15, -0.1) is 0 Å². The zero-order chi connectivity index (χ0) is 14.4. The van der Waals surface area contributed by atoms with Crippen molar-refractivity contribution in [3.05, 3.63) is 23.2 Å². The van der Waals surface area contributed by atoms with Crippen molar-refractivity contribution in [2.24, 2.45) is 0 Å². The Hall–Kier alpha value is -2.08. The second-order valence-corrected chi connectivity index (χ2v) is 4.20. The predicted octanol–water partition coefficient (Wildman–Crippen LogP) is 0.767. The van der Waals surface area contributed by atoms with E-state index in [4.69, 9.17) is 11.6 Å². The first-order chi connectivity index (χ1) is 8.88. The van der Waals surface area contributed by atoms with Crippen molar-refractivity contribution in [1.29, 1.82) is 0 Å². The molecule has 0 saturated heterocycles. The zero-order valence-electron chi connectivity index (χ0n) is 10.2. The molecule has 0 atom stereocenters. The molecule has 6 nitrogen and oxygen atoms in total. The van der Waals surface area contributed by atoms with Gasteiger partial charge in [-0.3, -0.25) is 9.59 Å². The molecule has 0 radical (unpaired) electrons. The average Bonchev–Trinajstić information content (AvgIpc) is 2.30. The van der Waals surface area contributed by atoms with E-state index in [9.17, 15) is 19.5 Å². The lowest BCUT2D eigenvalue weighted by atomic mass is 10.2. The van der Waals surface area contributed by atoms with Gasteiger partial charge in [-0.2, -0.15) is 0 Å². The molecule has 102 valence electrons. The van der Waals surface area contributed by atoms with E-state index in [2.05, 4.69) is 10.6 Å². The van der Waals surface area contributed by atoms with E-state index in [0.717, 1.165) is 0 Å². The number of hydrogen-bond acceptors (Lipinski definition) is 4. The van der Waals surface area contributed by atoms with Gasteiger partial charge >= 0.3 is 0 Å². The number of carboxylic acids is 1. The Bertz CT molecular complexity index is 516. The van der Waals surface area contributed by atoms with Gasteiger partial charge in [-0.1, -0.05) is 11.6 Å². The van der Waals surface area contributed by atoms with Crippen LogP contribution in [0.3, 0.4) is 0 Å². The number of benzene rings is 1. The molecule has 0 fully saturated rings. The lowest BCUT2D eigenvalue weighted by Crippen LogP contribution is -2.24. The number of aliphatic carboxylic acids is 1. The minimum Gasteiger partial charge on any atom is -0.550 e. The molecule has 0 aliphatic heterocycles. The summed E-state index contributed by atoms with van der Waals surface area (Å²) >= 11 is 5.87. The molecule has 1 aromatic carbocycles. The fourth-order valence-corrected chi connectivity index (χ4v) is 1.49. The van der Waals surface area contributed by atoms with Crippen molar-refractivity contribution < 1.29 is 19.5 Å². The summed E-state index contributed by atoms with van der Waals surface area (Å²) in [5, 5.41) is 15.6. The van der Waals surface area contributed by atoms with Crippen LogP contribution in [0.1, 0.15) is 19.8 Å². The van der Waals surface area contributed by atoms with Crippen molar-refractivity contribution in [2.75, 3.05) is 10.6 Å². The van der Waals surface area contributed by atoms with E-state index in [1.807, 2.05) is 0 Å². The van der Waals surface area contributed by atoms with Gasteiger partial charge in [0.2, 0.25) is 11.8 Å². The molecular formula is C12H12ClN2O4-. The Kier molecular flexibility index (Phi) is 5.32. The van der Waals surface area contributed by atoms with Gasteiger partial charge in [0.15, 0.2) is 0 Å². The third kappa shape index (κ3) is 5.39. The number of nitrogens with one attached hydrogen (secondary N) is 2. The summed E-state index contributed by atoms with van der Waals surface area (Å²) < 4.78 is 0. The molecule has 2 N–H and O–H groups in total. The maximum atomic E-state index is 11.4. The number of hydrogen-bond donors (Lipinski definition) is 2. The molecule has 0 unspecified atom stereocenters. The van der Waals surface area contributed by atoms with Crippen LogP contribution in [-0.4, -0.2) is 17.8 Å². The normalized spacial score (nSPS) is 9.79. The molecule has 0 saturated carbocycles. The maximum Gasteiger partial charge on any atom is 0.224 e. The molecule has 0 aliphatic rings. The van der Waals surface area contributed by atoms with Crippen LogP contribution < -0.4 is 15.7 Å². The monoisotopic (exact) mass is 283 g/mol. The van der Waals surface area contributed by atoms with E-state index >= 15 is 0 Å².